The summed E-state index contributed by atoms with van der Waals surface area (Å²) >= 11 is 0. The lowest BCUT2D eigenvalue weighted by Crippen LogP contribution is -2.48. The highest BCUT2D eigenvalue weighted by molar-refractivity contribution is 5.89. The zero-order valence-electron chi connectivity index (χ0n) is 14.2. The Morgan fingerprint density at radius 2 is 1.83 bits per heavy atom. The topological polar surface area (TPSA) is 47.6 Å². The van der Waals surface area contributed by atoms with Crippen molar-refractivity contribution in [3.05, 3.63) is 59.7 Å². The fourth-order valence-electron chi connectivity index (χ4n) is 3.28. The maximum atomic E-state index is 12.9. The molecule has 1 fully saturated rings. The van der Waals surface area contributed by atoms with Crippen LogP contribution in [0, 0.1) is 0 Å². The van der Waals surface area contributed by atoms with E-state index in [0.717, 1.165) is 41.9 Å². The van der Waals surface area contributed by atoms with Gasteiger partial charge >= 0.3 is 0 Å². The standard InChI is InChI=1S/C20H23NO3/c1-23-17-10-9-15(18(13-17)24-2)14-21-19(22)20(11-6-12-20)16-7-4-3-5-8-16/h3-5,7-10,13H,6,11-12,14H2,1-2H3,(H,21,22). The SMILES string of the molecule is COc1ccc(CNC(=O)C2(c3ccccc3)CCC2)c(OC)c1. The molecule has 1 saturated carbocycles. The number of hydrogen-bond acceptors (Lipinski definition) is 3. The Bertz CT molecular complexity index is 708. The highest BCUT2D eigenvalue weighted by Crippen LogP contribution is 2.44. The Hall–Kier alpha value is -2.49. The van der Waals surface area contributed by atoms with E-state index in [1.165, 1.54) is 0 Å². The predicted molar refractivity (Wildman–Crippen MR) is 93.4 cm³/mol. The minimum atomic E-state index is -0.374. The summed E-state index contributed by atoms with van der Waals surface area (Å²) < 4.78 is 10.6. The predicted octanol–water partition coefficient (Wildman–Crippen LogP) is 3.44. The van der Waals surface area contributed by atoms with E-state index in [1.54, 1.807) is 14.2 Å². The number of methoxy groups -OCH3 is 2. The van der Waals surface area contributed by atoms with E-state index in [4.69, 9.17) is 9.47 Å². The number of hydrogen-bond donors (Lipinski definition) is 1. The largest absolute Gasteiger partial charge is 0.497 e. The second-order valence-corrected chi connectivity index (χ2v) is 6.16. The molecule has 0 aromatic heterocycles. The average Bonchev–Trinajstić information content (AvgIpc) is 2.59. The van der Waals surface area contributed by atoms with Gasteiger partial charge in [0, 0.05) is 18.2 Å². The molecule has 24 heavy (non-hydrogen) atoms. The summed E-state index contributed by atoms with van der Waals surface area (Å²) in [7, 11) is 3.24. The molecule has 0 saturated heterocycles. The van der Waals surface area contributed by atoms with Gasteiger partial charge in [-0.3, -0.25) is 4.79 Å². The molecule has 0 spiro atoms. The van der Waals surface area contributed by atoms with Crippen LogP contribution in [0.2, 0.25) is 0 Å². The molecule has 2 aromatic carbocycles. The van der Waals surface area contributed by atoms with E-state index in [9.17, 15) is 4.79 Å². The molecule has 3 rings (SSSR count). The van der Waals surface area contributed by atoms with Crippen molar-refractivity contribution in [3.8, 4) is 11.5 Å². The van der Waals surface area contributed by atoms with Crippen molar-refractivity contribution in [2.45, 2.75) is 31.2 Å². The third kappa shape index (κ3) is 2.96. The van der Waals surface area contributed by atoms with E-state index in [2.05, 4.69) is 5.32 Å². The highest BCUT2D eigenvalue weighted by Gasteiger charge is 2.45. The zero-order valence-corrected chi connectivity index (χ0v) is 14.2. The first-order valence-corrected chi connectivity index (χ1v) is 8.24. The van der Waals surface area contributed by atoms with Crippen LogP contribution in [-0.4, -0.2) is 20.1 Å². The molecule has 4 heteroatoms. The zero-order chi connectivity index (χ0) is 17.0. The van der Waals surface area contributed by atoms with Gasteiger partial charge in [0.1, 0.15) is 11.5 Å². The molecule has 126 valence electrons. The fourth-order valence-corrected chi connectivity index (χ4v) is 3.28. The molecule has 1 aliphatic carbocycles. The lowest BCUT2D eigenvalue weighted by molar-refractivity contribution is -0.130. The highest BCUT2D eigenvalue weighted by atomic mass is 16.5. The first-order valence-electron chi connectivity index (χ1n) is 8.24. The van der Waals surface area contributed by atoms with Gasteiger partial charge in [-0.25, -0.2) is 0 Å². The van der Waals surface area contributed by atoms with Gasteiger partial charge in [-0.05, 0) is 30.5 Å². The molecule has 1 N–H and O–H groups in total. The fraction of sp³-hybridized carbons (Fsp3) is 0.350. The van der Waals surface area contributed by atoms with Crippen molar-refractivity contribution in [3.63, 3.8) is 0 Å². The number of carbonyl (C=O) groups is 1. The quantitative estimate of drug-likeness (QED) is 0.885. The molecular formula is C20H23NO3. The van der Waals surface area contributed by atoms with Gasteiger partial charge in [0.2, 0.25) is 5.91 Å². The third-order valence-corrected chi connectivity index (χ3v) is 4.90. The van der Waals surface area contributed by atoms with E-state index < -0.39 is 0 Å². The molecule has 4 nitrogen and oxygen atoms in total. The maximum Gasteiger partial charge on any atom is 0.230 e. The van der Waals surface area contributed by atoms with E-state index in [0.29, 0.717) is 6.54 Å². The van der Waals surface area contributed by atoms with Crippen LogP contribution in [0.15, 0.2) is 48.5 Å². The van der Waals surface area contributed by atoms with E-state index >= 15 is 0 Å². The van der Waals surface area contributed by atoms with Gasteiger partial charge in [0.25, 0.3) is 0 Å². The molecule has 2 aromatic rings. The molecule has 0 aliphatic heterocycles. The van der Waals surface area contributed by atoms with Gasteiger partial charge < -0.3 is 14.8 Å². The van der Waals surface area contributed by atoms with Gasteiger partial charge in [-0.15, -0.1) is 0 Å². The first kappa shape index (κ1) is 16.4. The van der Waals surface area contributed by atoms with Crippen LogP contribution in [0.1, 0.15) is 30.4 Å². The van der Waals surface area contributed by atoms with E-state index in [1.807, 2.05) is 48.5 Å². The van der Waals surface area contributed by atoms with Crippen LogP contribution in [0.5, 0.6) is 11.5 Å². The van der Waals surface area contributed by atoms with Crippen molar-refractivity contribution in [2.75, 3.05) is 14.2 Å². The number of rotatable bonds is 6. The Morgan fingerprint density at radius 1 is 1.08 bits per heavy atom. The lowest BCUT2D eigenvalue weighted by atomic mass is 9.64. The summed E-state index contributed by atoms with van der Waals surface area (Å²) in [4.78, 5) is 12.9. The van der Waals surface area contributed by atoms with E-state index in [-0.39, 0.29) is 11.3 Å². The van der Waals surface area contributed by atoms with Crippen molar-refractivity contribution in [2.24, 2.45) is 0 Å². The van der Waals surface area contributed by atoms with Crippen LogP contribution in [0.25, 0.3) is 0 Å². The Balaban J connectivity index is 1.74. The van der Waals surface area contributed by atoms with Crippen molar-refractivity contribution < 1.29 is 14.3 Å². The summed E-state index contributed by atoms with van der Waals surface area (Å²) in [5.41, 5.74) is 1.67. The number of nitrogens with one attached hydrogen (secondary N) is 1. The summed E-state index contributed by atoms with van der Waals surface area (Å²) in [6, 6.07) is 15.7. The lowest BCUT2D eigenvalue weighted by Gasteiger charge is -2.40. The molecule has 0 heterocycles. The Morgan fingerprint density at radius 3 is 2.42 bits per heavy atom. The normalized spacial score (nSPS) is 15.2. The summed E-state index contributed by atoms with van der Waals surface area (Å²) in [5.74, 6) is 1.55. The number of amides is 1. The number of ether oxygens (including phenoxy) is 2. The summed E-state index contributed by atoms with van der Waals surface area (Å²) in [6.07, 6.45) is 2.90. The molecule has 0 atom stereocenters. The number of carbonyl (C=O) groups excluding carboxylic acids is 1. The number of benzene rings is 2. The van der Waals surface area contributed by atoms with Crippen LogP contribution < -0.4 is 14.8 Å². The Kier molecular flexibility index (Phi) is 4.74. The second kappa shape index (κ2) is 6.95. The van der Waals surface area contributed by atoms with Crippen molar-refractivity contribution in [1.29, 1.82) is 0 Å². The van der Waals surface area contributed by atoms with Crippen molar-refractivity contribution >= 4 is 5.91 Å². The molecule has 0 radical (unpaired) electrons. The Labute approximate surface area is 142 Å². The van der Waals surface area contributed by atoms with Gasteiger partial charge in [-0.1, -0.05) is 36.8 Å². The van der Waals surface area contributed by atoms with Gasteiger partial charge in [-0.2, -0.15) is 0 Å². The van der Waals surface area contributed by atoms with Crippen LogP contribution in [0.3, 0.4) is 0 Å². The first-order chi connectivity index (χ1) is 11.7. The van der Waals surface area contributed by atoms with Crippen LogP contribution in [0.4, 0.5) is 0 Å². The van der Waals surface area contributed by atoms with Gasteiger partial charge in [0.05, 0.1) is 19.6 Å². The molecule has 1 amide bonds. The summed E-state index contributed by atoms with van der Waals surface area (Å²) in [5, 5.41) is 3.09. The molecule has 1 aliphatic rings. The second-order valence-electron chi connectivity index (χ2n) is 6.16. The third-order valence-electron chi connectivity index (χ3n) is 4.90. The summed E-state index contributed by atoms with van der Waals surface area (Å²) in [6.45, 7) is 0.445. The molecule has 0 bridgehead atoms. The maximum absolute atomic E-state index is 12.9. The minimum absolute atomic E-state index is 0.0952. The minimum Gasteiger partial charge on any atom is -0.497 e. The molecular weight excluding hydrogens is 302 g/mol. The van der Waals surface area contributed by atoms with Crippen LogP contribution >= 0.6 is 0 Å². The average molecular weight is 325 g/mol. The van der Waals surface area contributed by atoms with Gasteiger partial charge in [0.15, 0.2) is 0 Å². The molecule has 0 unspecified atom stereocenters. The smallest absolute Gasteiger partial charge is 0.230 e. The van der Waals surface area contributed by atoms with Crippen LogP contribution in [-0.2, 0) is 16.8 Å². The monoisotopic (exact) mass is 325 g/mol. The van der Waals surface area contributed by atoms with Crippen molar-refractivity contribution in [1.82, 2.24) is 5.32 Å².